The number of nitrogens with one attached hydrogen (secondary N) is 1. The molecule has 1 amide bonds. The van der Waals surface area contributed by atoms with Gasteiger partial charge in [-0.2, -0.15) is 0 Å². The maximum absolute atomic E-state index is 11.9. The van der Waals surface area contributed by atoms with Gasteiger partial charge in [0.25, 0.3) is 5.91 Å². The molecular formula is C15H16BrClN2O2S. The number of thiazole rings is 1. The van der Waals surface area contributed by atoms with Gasteiger partial charge in [-0.15, -0.1) is 11.3 Å². The first kappa shape index (κ1) is 17.2. The summed E-state index contributed by atoms with van der Waals surface area (Å²) >= 11 is 10.7. The van der Waals surface area contributed by atoms with E-state index in [0.717, 1.165) is 10.2 Å². The number of carbonyl (C=O) groups is 1. The summed E-state index contributed by atoms with van der Waals surface area (Å²) in [6, 6.07) is 5.22. The Morgan fingerprint density at radius 2 is 2.18 bits per heavy atom. The number of anilines is 1. The van der Waals surface area contributed by atoms with Crippen LogP contribution in [0.4, 0.5) is 5.13 Å². The molecule has 7 heteroatoms. The molecule has 2 aromatic rings. The first-order valence-corrected chi connectivity index (χ1v) is 8.64. The molecule has 1 aromatic heterocycles. The summed E-state index contributed by atoms with van der Waals surface area (Å²) in [5.41, 5.74) is 0.908. The Labute approximate surface area is 147 Å². The van der Waals surface area contributed by atoms with Crippen molar-refractivity contribution in [2.45, 2.75) is 26.2 Å². The van der Waals surface area contributed by atoms with Crippen LogP contribution in [0.15, 0.2) is 28.1 Å². The van der Waals surface area contributed by atoms with E-state index in [-0.39, 0.29) is 17.9 Å². The average molecular weight is 404 g/mol. The molecule has 0 radical (unpaired) electrons. The van der Waals surface area contributed by atoms with Crippen molar-refractivity contribution >= 4 is 49.9 Å². The summed E-state index contributed by atoms with van der Waals surface area (Å²) in [6.45, 7) is 6.11. The topological polar surface area (TPSA) is 51.2 Å². The number of carbonyl (C=O) groups excluding carboxylic acids is 1. The third-order valence-corrected chi connectivity index (χ3v) is 4.32. The first-order chi connectivity index (χ1) is 10.3. The van der Waals surface area contributed by atoms with Crippen molar-refractivity contribution in [2.24, 2.45) is 0 Å². The summed E-state index contributed by atoms with van der Waals surface area (Å²) in [5.74, 6) is 0.198. The van der Waals surface area contributed by atoms with Gasteiger partial charge in [0.1, 0.15) is 5.75 Å². The number of rotatable bonds is 4. The maximum Gasteiger partial charge on any atom is 0.264 e. The minimum absolute atomic E-state index is 0.0407. The summed E-state index contributed by atoms with van der Waals surface area (Å²) in [7, 11) is 0. The van der Waals surface area contributed by atoms with Crippen LogP contribution in [-0.4, -0.2) is 17.5 Å². The number of amides is 1. The standard InChI is InChI=1S/C15H16BrClN2O2S/c1-15(2,3)12-8-22-14(18-12)19-13(20)7-21-11-5-4-9(16)6-10(11)17/h4-6,8H,7H2,1-3H3,(H,18,19,20). The van der Waals surface area contributed by atoms with E-state index in [0.29, 0.717) is 15.9 Å². The smallest absolute Gasteiger partial charge is 0.264 e. The molecule has 0 aliphatic carbocycles. The lowest BCUT2D eigenvalue weighted by molar-refractivity contribution is -0.118. The van der Waals surface area contributed by atoms with Gasteiger partial charge >= 0.3 is 0 Å². The molecule has 0 saturated carbocycles. The van der Waals surface area contributed by atoms with Crippen LogP contribution in [0.5, 0.6) is 5.75 Å². The molecule has 1 heterocycles. The largest absolute Gasteiger partial charge is 0.482 e. The SMILES string of the molecule is CC(C)(C)c1csc(NC(=O)COc2ccc(Br)cc2Cl)n1. The maximum atomic E-state index is 11.9. The van der Waals surface area contributed by atoms with Gasteiger partial charge in [0.05, 0.1) is 10.7 Å². The van der Waals surface area contributed by atoms with Crippen molar-refractivity contribution in [3.8, 4) is 5.75 Å². The van der Waals surface area contributed by atoms with Crippen LogP contribution in [0.2, 0.25) is 5.02 Å². The molecule has 0 aliphatic heterocycles. The van der Waals surface area contributed by atoms with E-state index in [1.54, 1.807) is 18.2 Å². The number of nitrogens with zero attached hydrogens (tertiary/aromatic N) is 1. The van der Waals surface area contributed by atoms with E-state index in [9.17, 15) is 4.79 Å². The highest BCUT2D eigenvalue weighted by atomic mass is 79.9. The van der Waals surface area contributed by atoms with Gasteiger partial charge in [-0.25, -0.2) is 4.98 Å². The Balaban J connectivity index is 1.92. The molecule has 2 rings (SSSR count). The summed E-state index contributed by atoms with van der Waals surface area (Å²) in [6.07, 6.45) is 0. The fourth-order valence-electron chi connectivity index (χ4n) is 1.57. The lowest BCUT2D eigenvalue weighted by atomic mass is 9.93. The second-order valence-electron chi connectivity index (χ2n) is 5.70. The fraction of sp³-hybridized carbons (Fsp3) is 0.333. The molecule has 0 bridgehead atoms. The molecule has 1 aromatic carbocycles. The van der Waals surface area contributed by atoms with Gasteiger partial charge in [-0.3, -0.25) is 10.1 Å². The predicted octanol–water partition coefficient (Wildman–Crippen LogP) is 4.87. The minimum atomic E-state index is -0.270. The van der Waals surface area contributed by atoms with Gasteiger partial charge in [0.15, 0.2) is 11.7 Å². The van der Waals surface area contributed by atoms with E-state index in [4.69, 9.17) is 16.3 Å². The van der Waals surface area contributed by atoms with Crippen molar-refractivity contribution < 1.29 is 9.53 Å². The van der Waals surface area contributed by atoms with E-state index < -0.39 is 0 Å². The lowest BCUT2D eigenvalue weighted by Gasteiger charge is -2.14. The van der Waals surface area contributed by atoms with Crippen LogP contribution in [-0.2, 0) is 10.2 Å². The van der Waals surface area contributed by atoms with Crippen molar-refractivity contribution in [2.75, 3.05) is 11.9 Å². The zero-order valence-corrected chi connectivity index (χ0v) is 15.6. The number of hydrogen-bond donors (Lipinski definition) is 1. The molecule has 0 fully saturated rings. The van der Waals surface area contributed by atoms with Crippen LogP contribution in [0, 0.1) is 0 Å². The van der Waals surface area contributed by atoms with Crippen molar-refractivity contribution in [3.63, 3.8) is 0 Å². The van der Waals surface area contributed by atoms with Gasteiger partial charge < -0.3 is 4.74 Å². The molecule has 0 unspecified atom stereocenters. The number of aromatic nitrogens is 1. The zero-order chi connectivity index (χ0) is 16.3. The zero-order valence-electron chi connectivity index (χ0n) is 12.4. The third kappa shape index (κ3) is 4.69. The molecule has 4 nitrogen and oxygen atoms in total. The van der Waals surface area contributed by atoms with E-state index in [1.165, 1.54) is 11.3 Å². The summed E-state index contributed by atoms with van der Waals surface area (Å²) < 4.78 is 6.27. The van der Waals surface area contributed by atoms with Crippen molar-refractivity contribution in [1.82, 2.24) is 4.98 Å². The van der Waals surface area contributed by atoms with Crippen molar-refractivity contribution in [3.05, 3.63) is 38.8 Å². The third-order valence-electron chi connectivity index (χ3n) is 2.77. The molecule has 0 spiro atoms. The second-order valence-corrected chi connectivity index (χ2v) is 7.88. The number of benzene rings is 1. The predicted molar refractivity (Wildman–Crippen MR) is 94.1 cm³/mol. The highest BCUT2D eigenvalue weighted by Gasteiger charge is 2.18. The Bertz CT molecular complexity index is 682. The quantitative estimate of drug-likeness (QED) is 0.792. The Morgan fingerprint density at radius 3 is 2.77 bits per heavy atom. The molecule has 0 saturated heterocycles. The Morgan fingerprint density at radius 1 is 1.45 bits per heavy atom. The number of ether oxygens (including phenoxy) is 1. The second kappa shape index (κ2) is 6.98. The summed E-state index contributed by atoms with van der Waals surface area (Å²) in [5, 5.41) is 5.69. The van der Waals surface area contributed by atoms with Gasteiger partial charge in [-0.05, 0) is 18.2 Å². The van der Waals surface area contributed by atoms with Crippen LogP contribution in [0.25, 0.3) is 0 Å². The van der Waals surface area contributed by atoms with Crippen LogP contribution in [0.1, 0.15) is 26.5 Å². The Hall–Kier alpha value is -1.11. The average Bonchev–Trinajstić information content (AvgIpc) is 2.86. The molecule has 0 atom stereocenters. The van der Waals surface area contributed by atoms with Gasteiger partial charge in [0, 0.05) is 15.3 Å². The number of halogens is 2. The highest BCUT2D eigenvalue weighted by Crippen LogP contribution is 2.28. The van der Waals surface area contributed by atoms with Crippen LogP contribution < -0.4 is 10.1 Å². The monoisotopic (exact) mass is 402 g/mol. The molecule has 118 valence electrons. The van der Waals surface area contributed by atoms with Gasteiger partial charge in [-0.1, -0.05) is 48.3 Å². The molecule has 0 aliphatic rings. The fourth-order valence-corrected chi connectivity index (χ4v) is 3.25. The first-order valence-electron chi connectivity index (χ1n) is 6.59. The van der Waals surface area contributed by atoms with E-state index in [2.05, 4.69) is 47.0 Å². The normalized spacial score (nSPS) is 11.3. The van der Waals surface area contributed by atoms with E-state index in [1.807, 2.05) is 5.38 Å². The van der Waals surface area contributed by atoms with Gasteiger partial charge in [0.2, 0.25) is 0 Å². The minimum Gasteiger partial charge on any atom is -0.482 e. The van der Waals surface area contributed by atoms with Crippen LogP contribution in [0.3, 0.4) is 0 Å². The highest BCUT2D eigenvalue weighted by molar-refractivity contribution is 9.10. The van der Waals surface area contributed by atoms with Crippen LogP contribution >= 0.6 is 38.9 Å². The number of hydrogen-bond acceptors (Lipinski definition) is 4. The summed E-state index contributed by atoms with van der Waals surface area (Å²) in [4.78, 5) is 16.3. The Kier molecular flexibility index (Phi) is 5.47. The molecule has 22 heavy (non-hydrogen) atoms. The molecular weight excluding hydrogens is 388 g/mol. The lowest BCUT2D eigenvalue weighted by Crippen LogP contribution is -2.20. The molecule has 1 N–H and O–H groups in total. The van der Waals surface area contributed by atoms with Crippen molar-refractivity contribution in [1.29, 1.82) is 0 Å². The van der Waals surface area contributed by atoms with E-state index >= 15 is 0 Å².